The zero-order valence-corrected chi connectivity index (χ0v) is 21.7. The van der Waals surface area contributed by atoms with E-state index in [-0.39, 0.29) is 0 Å². The fourth-order valence-electron chi connectivity index (χ4n) is 6.00. The molecule has 0 radical (unpaired) electrons. The van der Waals surface area contributed by atoms with Gasteiger partial charge in [-0.15, -0.1) is 0 Å². The van der Waals surface area contributed by atoms with E-state index in [0.29, 0.717) is 0 Å². The number of rotatable bonds is 4. The van der Waals surface area contributed by atoms with Gasteiger partial charge in [0.25, 0.3) is 0 Å². The van der Waals surface area contributed by atoms with Crippen LogP contribution in [0.25, 0.3) is 0 Å². The lowest BCUT2D eigenvalue weighted by atomic mass is 10.3. The molecule has 5 aromatic rings. The molecule has 0 saturated carbocycles. The smallest absolute Gasteiger partial charge is 0.0620 e. The molecule has 5 aromatic carbocycles. The van der Waals surface area contributed by atoms with Gasteiger partial charge in [-0.3, -0.25) is 0 Å². The average Bonchev–Trinajstić information content (AvgIpc) is 3.11. The van der Waals surface area contributed by atoms with E-state index in [0.717, 1.165) is 0 Å². The summed E-state index contributed by atoms with van der Waals surface area (Å²) in [6.07, 6.45) is 3.63. The molecule has 170 valence electrons. The van der Waals surface area contributed by atoms with Gasteiger partial charge in [-0.1, -0.05) is 84.9 Å². The molecule has 0 fully saturated rings. The summed E-state index contributed by atoms with van der Waals surface area (Å²) in [5.74, 6) is 0. The molecule has 0 bridgehead atoms. The zero-order chi connectivity index (χ0) is 23.6. The number of benzene rings is 5. The van der Waals surface area contributed by atoms with E-state index in [9.17, 15) is 0 Å². The molecule has 6 rings (SSSR count). The average molecular weight is 489 g/mol. The van der Waals surface area contributed by atoms with Gasteiger partial charge in [0.2, 0.25) is 0 Å². The SMILES string of the molecule is c1ccc([P+]2(c3ccccc3)CCC[P+](c3ccccc3)(c3ccccc3)c3ccccc32)cc1. The van der Waals surface area contributed by atoms with Gasteiger partial charge in [0.05, 0.1) is 12.3 Å². The first kappa shape index (κ1) is 22.4. The van der Waals surface area contributed by atoms with Crippen molar-refractivity contribution >= 4 is 46.4 Å². The highest BCUT2D eigenvalue weighted by Crippen LogP contribution is 2.64. The van der Waals surface area contributed by atoms with Crippen molar-refractivity contribution in [2.45, 2.75) is 6.42 Å². The molecule has 0 aromatic heterocycles. The lowest BCUT2D eigenvalue weighted by molar-refractivity contribution is 1.11. The Labute approximate surface area is 210 Å². The molecule has 0 N–H and O–H groups in total. The van der Waals surface area contributed by atoms with E-state index in [4.69, 9.17) is 0 Å². The van der Waals surface area contributed by atoms with Crippen LogP contribution in [-0.4, -0.2) is 12.3 Å². The van der Waals surface area contributed by atoms with Gasteiger partial charge < -0.3 is 0 Å². The highest BCUT2D eigenvalue weighted by Gasteiger charge is 2.57. The summed E-state index contributed by atoms with van der Waals surface area (Å²) in [4.78, 5) is 0. The monoisotopic (exact) mass is 488 g/mol. The van der Waals surface area contributed by atoms with Crippen LogP contribution in [0.5, 0.6) is 0 Å². The van der Waals surface area contributed by atoms with Crippen molar-refractivity contribution < 1.29 is 0 Å². The van der Waals surface area contributed by atoms with Crippen LogP contribution in [0.15, 0.2) is 146 Å². The van der Waals surface area contributed by atoms with E-state index in [1.807, 2.05) is 0 Å². The summed E-state index contributed by atoms with van der Waals surface area (Å²) in [7, 11) is -3.64. The molecule has 35 heavy (non-hydrogen) atoms. The van der Waals surface area contributed by atoms with Gasteiger partial charge in [-0.05, 0) is 60.7 Å². The maximum Gasteiger partial charge on any atom is 0.147 e. The third kappa shape index (κ3) is 3.68. The fraction of sp³-hybridized carbons (Fsp3) is 0.0909. The third-order valence-electron chi connectivity index (χ3n) is 7.48. The Bertz CT molecular complexity index is 1210. The van der Waals surface area contributed by atoms with Crippen molar-refractivity contribution in [1.29, 1.82) is 0 Å². The molecule has 0 saturated heterocycles. The van der Waals surface area contributed by atoms with E-state index in [1.54, 1.807) is 10.6 Å². The fourth-order valence-corrected chi connectivity index (χ4v) is 16.1. The quantitative estimate of drug-likeness (QED) is 0.286. The molecule has 0 amide bonds. The number of fused-ring (bicyclic) bond motifs is 1. The zero-order valence-electron chi connectivity index (χ0n) is 19.9. The molecule has 0 unspecified atom stereocenters. The van der Waals surface area contributed by atoms with Crippen molar-refractivity contribution in [2.24, 2.45) is 0 Å². The van der Waals surface area contributed by atoms with Crippen molar-refractivity contribution in [3.05, 3.63) is 146 Å². The standard InChI is InChI=1S/C33H30P2/c1-5-16-28(17-6-1)34(29-18-7-2-8-19-29)26-15-27-35(30-20-9-3-10-21-30,31-22-11-4-12-23-31)33-25-14-13-24-32(33)34/h1-14,16-25H,15,26-27H2/q+2. The Kier molecular flexibility index (Phi) is 6.12. The molecule has 2 heteroatoms. The molecule has 1 aliphatic rings. The van der Waals surface area contributed by atoms with Crippen molar-refractivity contribution in [1.82, 2.24) is 0 Å². The van der Waals surface area contributed by atoms with E-state index < -0.39 is 14.5 Å². The first-order valence-electron chi connectivity index (χ1n) is 12.4. The van der Waals surface area contributed by atoms with Crippen LogP contribution in [0.4, 0.5) is 0 Å². The first-order chi connectivity index (χ1) is 17.4. The summed E-state index contributed by atoms with van der Waals surface area (Å²) < 4.78 is 0. The molecule has 0 aliphatic carbocycles. The second-order valence-corrected chi connectivity index (χ2v) is 16.4. The lowest BCUT2D eigenvalue weighted by Crippen LogP contribution is -2.43. The Morgan fingerprint density at radius 2 is 0.571 bits per heavy atom. The molecule has 0 nitrogen and oxygen atoms in total. The minimum absolute atomic E-state index is 1.21. The van der Waals surface area contributed by atoms with Crippen LogP contribution in [0, 0.1) is 0 Å². The number of hydrogen-bond donors (Lipinski definition) is 0. The van der Waals surface area contributed by atoms with Gasteiger partial charge in [-0.2, -0.15) is 0 Å². The number of hydrogen-bond acceptors (Lipinski definition) is 0. The summed E-state index contributed by atoms with van der Waals surface area (Å²) in [5.41, 5.74) is 0. The van der Waals surface area contributed by atoms with Gasteiger partial charge >= 0.3 is 0 Å². The van der Waals surface area contributed by atoms with E-state index >= 15 is 0 Å². The van der Waals surface area contributed by atoms with Gasteiger partial charge in [0, 0.05) is 6.42 Å². The van der Waals surface area contributed by atoms with E-state index in [1.165, 1.54) is 40.0 Å². The Morgan fingerprint density at radius 3 is 0.857 bits per heavy atom. The lowest BCUT2D eigenvalue weighted by Gasteiger charge is -2.29. The highest BCUT2D eigenvalue weighted by molar-refractivity contribution is 8.01. The van der Waals surface area contributed by atoms with Gasteiger partial charge in [0.15, 0.2) is 0 Å². The molecular formula is C33H30P2+2. The normalized spacial score (nSPS) is 16.1. The molecular weight excluding hydrogens is 458 g/mol. The topological polar surface area (TPSA) is 0 Å². The van der Waals surface area contributed by atoms with Crippen molar-refractivity contribution in [3.8, 4) is 0 Å². The van der Waals surface area contributed by atoms with Crippen LogP contribution in [-0.2, 0) is 0 Å². The second kappa shape index (κ2) is 9.54. The Balaban J connectivity index is 1.73. The van der Waals surface area contributed by atoms with Crippen LogP contribution < -0.4 is 31.8 Å². The van der Waals surface area contributed by atoms with Crippen LogP contribution in [0.3, 0.4) is 0 Å². The first-order valence-corrected chi connectivity index (χ1v) is 16.4. The van der Waals surface area contributed by atoms with Crippen LogP contribution in [0.2, 0.25) is 0 Å². The summed E-state index contributed by atoms with van der Waals surface area (Å²) in [6, 6.07) is 55.0. The third-order valence-corrected chi connectivity index (χ3v) is 16.8. The summed E-state index contributed by atoms with van der Waals surface area (Å²) in [6.45, 7) is 0. The molecule has 1 aliphatic heterocycles. The summed E-state index contributed by atoms with van der Waals surface area (Å²) >= 11 is 0. The predicted octanol–water partition coefficient (Wildman–Crippen LogP) is 5.68. The minimum Gasteiger partial charge on any atom is -0.0620 e. The Hall–Kier alpha value is -3.04. The summed E-state index contributed by atoms with van der Waals surface area (Å²) in [5, 5.41) is 9.16. The van der Waals surface area contributed by atoms with Gasteiger partial charge in [0.1, 0.15) is 46.4 Å². The maximum absolute atomic E-state index is 2.47. The second-order valence-electron chi connectivity index (χ2n) is 9.25. The van der Waals surface area contributed by atoms with Crippen LogP contribution >= 0.6 is 14.5 Å². The highest BCUT2D eigenvalue weighted by atomic mass is 31.2. The van der Waals surface area contributed by atoms with Crippen molar-refractivity contribution in [3.63, 3.8) is 0 Å². The van der Waals surface area contributed by atoms with E-state index in [2.05, 4.69) is 146 Å². The molecule has 1 heterocycles. The molecule has 0 atom stereocenters. The largest absolute Gasteiger partial charge is 0.147 e. The predicted molar refractivity (Wildman–Crippen MR) is 158 cm³/mol. The Morgan fingerprint density at radius 1 is 0.314 bits per heavy atom. The minimum atomic E-state index is -1.82. The van der Waals surface area contributed by atoms with Crippen molar-refractivity contribution in [2.75, 3.05) is 12.3 Å². The molecule has 0 spiro atoms. The van der Waals surface area contributed by atoms with Crippen LogP contribution in [0.1, 0.15) is 6.42 Å². The maximum atomic E-state index is 2.47. The van der Waals surface area contributed by atoms with Gasteiger partial charge in [-0.25, -0.2) is 0 Å².